The van der Waals surface area contributed by atoms with E-state index in [-0.39, 0.29) is 0 Å². The second-order valence-electron chi connectivity index (χ2n) is 5.91. The van der Waals surface area contributed by atoms with E-state index in [4.69, 9.17) is 10.2 Å². The van der Waals surface area contributed by atoms with Gasteiger partial charge in [0.2, 0.25) is 0 Å². The summed E-state index contributed by atoms with van der Waals surface area (Å²) in [5.41, 5.74) is 7.18. The van der Waals surface area contributed by atoms with Crippen molar-refractivity contribution in [2.75, 3.05) is 32.7 Å². The third-order valence-electron chi connectivity index (χ3n) is 4.41. The fourth-order valence-corrected chi connectivity index (χ4v) is 3.22. The quantitative estimate of drug-likeness (QED) is 0.890. The van der Waals surface area contributed by atoms with E-state index < -0.39 is 0 Å². The van der Waals surface area contributed by atoms with Gasteiger partial charge in [0.15, 0.2) is 0 Å². The van der Waals surface area contributed by atoms with Gasteiger partial charge >= 0.3 is 0 Å². The summed E-state index contributed by atoms with van der Waals surface area (Å²) in [6.45, 7) is 6.05. The molecule has 1 saturated heterocycles. The summed E-state index contributed by atoms with van der Waals surface area (Å²) in [5.74, 6) is 1.04. The van der Waals surface area contributed by atoms with Crippen LogP contribution in [0.5, 0.6) is 0 Å². The summed E-state index contributed by atoms with van der Waals surface area (Å²) < 4.78 is 5.61. The average molecular weight is 299 g/mol. The molecule has 0 amide bonds. The molecule has 0 aliphatic carbocycles. The fourth-order valence-electron chi connectivity index (χ4n) is 3.22. The highest BCUT2D eigenvalue weighted by molar-refractivity contribution is 5.14. The Hall–Kier alpha value is -1.62. The van der Waals surface area contributed by atoms with Crippen LogP contribution in [0.1, 0.15) is 23.8 Å². The van der Waals surface area contributed by atoms with Crippen molar-refractivity contribution in [2.24, 2.45) is 5.73 Å². The molecule has 22 heavy (non-hydrogen) atoms. The Morgan fingerprint density at radius 1 is 1.00 bits per heavy atom. The summed E-state index contributed by atoms with van der Waals surface area (Å²) in [7, 11) is 0. The van der Waals surface area contributed by atoms with Gasteiger partial charge in [-0.3, -0.25) is 9.80 Å². The second-order valence-corrected chi connectivity index (χ2v) is 5.91. The first-order valence-electron chi connectivity index (χ1n) is 8.10. The molecule has 0 bridgehead atoms. The Kier molecular flexibility index (Phi) is 5.27. The molecule has 1 unspecified atom stereocenters. The van der Waals surface area contributed by atoms with E-state index in [1.54, 1.807) is 6.26 Å². The van der Waals surface area contributed by atoms with Gasteiger partial charge in [0.1, 0.15) is 5.76 Å². The van der Waals surface area contributed by atoms with Crippen molar-refractivity contribution in [3.05, 3.63) is 60.1 Å². The van der Waals surface area contributed by atoms with Crippen LogP contribution < -0.4 is 5.73 Å². The van der Waals surface area contributed by atoms with Crippen molar-refractivity contribution in [3.8, 4) is 0 Å². The van der Waals surface area contributed by atoms with E-state index in [0.29, 0.717) is 12.6 Å². The van der Waals surface area contributed by atoms with E-state index >= 15 is 0 Å². The molecular formula is C18H25N3O. The van der Waals surface area contributed by atoms with Crippen LogP contribution in [-0.2, 0) is 6.54 Å². The largest absolute Gasteiger partial charge is 0.468 e. The maximum Gasteiger partial charge on any atom is 0.120 e. The molecule has 0 radical (unpaired) electrons. The minimum atomic E-state index is 0.318. The van der Waals surface area contributed by atoms with Crippen molar-refractivity contribution in [2.45, 2.75) is 19.0 Å². The van der Waals surface area contributed by atoms with Gasteiger partial charge in [-0.25, -0.2) is 0 Å². The maximum absolute atomic E-state index is 5.79. The van der Waals surface area contributed by atoms with Gasteiger partial charge in [0.05, 0.1) is 12.3 Å². The van der Waals surface area contributed by atoms with Crippen molar-refractivity contribution in [1.82, 2.24) is 9.80 Å². The second kappa shape index (κ2) is 7.58. The van der Waals surface area contributed by atoms with Crippen molar-refractivity contribution >= 4 is 0 Å². The number of nitrogens with two attached hydrogens (primary N) is 1. The Morgan fingerprint density at radius 2 is 1.77 bits per heavy atom. The Balaban J connectivity index is 1.56. The molecule has 1 aromatic carbocycles. The lowest BCUT2D eigenvalue weighted by atomic mass is 10.1. The molecule has 2 heterocycles. The molecule has 1 aromatic heterocycles. The zero-order valence-electron chi connectivity index (χ0n) is 13.0. The highest BCUT2D eigenvalue weighted by Gasteiger charge is 2.26. The molecule has 2 aromatic rings. The van der Waals surface area contributed by atoms with Crippen molar-refractivity contribution < 1.29 is 4.42 Å². The van der Waals surface area contributed by atoms with E-state index in [1.165, 1.54) is 5.56 Å². The first kappa shape index (κ1) is 15.3. The zero-order chi connectivity index (χ0) is 15.2. The predicted molar refractivity (Wildman–Crippen MR) is 88.4 cm³/mol. The Bertz CT molecular complexity index is 533. The predicted octanol–water partition coefficient (Wildman–Crippen LogP) is 2.49. The standard InChI is InChI=1S/C18H25N3O/c19-9-8-17(18-7-4-14-22-18)21-12-10-20(11-13-21)15-16-5-2-1-3-6-16/h1-7,14,17H,8-13,15,19H2. The van der Waals surface area contributed by atoms with Crippen LogP contribution in [0, 0.1) is 0 Å². The van der Waals surface area contributed by atoms with Crippen LogP contribution in [0.4, 0.5) is 0 Å². The van der Waals surface area contributed by atoms with Crippen molar-refractivity contribution in [3.63, 3.8) is 0 Å². The molecule has 0 spiro atoms. The van der Waals surface area contributed by atoms with Gasteiger partial charge in [0.25, 0.3) is 0 Å². The Morgan fingerprint density at radius 3 is 2.41 bits per heavy atom. The van der Waals surface area contributed by atoms with Gasteiger partial charge in [-0.05, 0) is 30.7 Å². The van der Waals surface area contributed by atoms with Gasteiger partial charge < -0.3 is 10.2 Å². The highest BCUT2D eigenvalue weighted by atomic mass is 16.3. The third kappa shape index (κ3) is 3.77. The number of hydrogen-bond acceptors (Lipinski definition) is 4. The summed E-state index contributed by atoms with van der Waals surface area (Å²) in [5, 5.41) is 0. The number of piperazine rings is 1. The molecule has 4 heteroatoms. The number of hydrogen-bond donors (Lipinski definition) is 1. The lowest BCUT2D eigenvalue weighted by Crippen LogP contribution is -2.47. The van der Waals surface area contributed by atoms with Gasteiger partial charge in [-0.2, -0.15) is 0 Å². The van der Waals surface area contributed by atoms with Gasteiger partial charge in [-0.1, -0.05) is 30.3 Å². The van der Waals surface area contributed by atoms with Gasteiger partial charge in [0, 0.05) is 32.7 Å². The first-order valence-corrected chi connectivity index (χ1v) is 8.10. The number of benzene rings is 1. The van der Waals surface area contributed by atoms with Crippen LogP contribution in [-0.4, -0.2) is 42.5 Å². The lowest BCUT2D eigenvalue weighted by Gasteiger charge is -2.38. The number of rotatable bonds is 6. The molecule has 4 nitrogen and oxygen atoms in total. The van der Waals surface area contributed by atoms with Crippen LogP contribution in [0.3, 0.4) is 0 Å². The molecule has 1 aliphatic rings. The van der Waals surface area contributed by atoms with E-state index in [0.717, 1.165) is 44.9 Å². The summed E-state index contributed by atoms with van der Waals surface area (Å²) >= 11 is 0. The lowest BCUT2D eigenvalue weighted by molar-refractivity contribution is 0.0796. The van der Waals surface area contributed by atoms with E-state index in [2.05, 4.69) is 46.2 Å². The monoisotopic (exact) mass is 299 g/mol. The fraction of sp³-hybridized carbons (Fsp3) is 0.444. The summed E-state index contributed by atoms with van der Waals surface area (Å²) in [6.07, 6.45) is 2.71. The van der Waals surface area contributed by atoms with Crippen molar-refractivity contribution in [1.29, 1.82) is 0 Å². The summed E-state index contributed by atoms with van der Waals surface area (Å²) in [6, 6.07) is 15.0. The minimum Gasteiger partial charge on any atom is -0.468 e. The molecule has 3 rings (SSSR count). The molecule has 1 atom stereocenters. The van der Waals surface area contributed by atoms with Crippen LogP contribution in [0.25, 0.3) is 0 Å². The normalized spacial score (nSPS) is 18.4. The molecule has 2 N–H and O–H groups in total. The Labute approximate surface area is 132 Å². The maximum atomic E-state index is 5.79. The molecular weight excluding hydrogens is 274 g/mol. The van der Waals surface area contributed by atoms with Crippen LogP contribution in [0.2, 0.25) is 0 Å². The van der Waals surface area contributed by atoms with Crippen LogP contribution in [0.15, 0.2) is 53.1 Å². The highest BCUT2D eigenvalue weighted by Crippen LogP contribution is 2.25. The summed E-state index contributed by atoms with van der Waals surface area (Å²) in [4.78, 5) is 5.03. The van der Waals surface area contributed by atoms with Crippen LogP contribution >= 0.6 is 0 Å². The zero-order valence-corrected chi connectivity index (χ0v) is 13.0. The number of furan rings is 1. The van der Waals surface area contributed by atoms with E-state index in [1.807, 2.05) is 6.07 Å². The number of nitrogens with zero attached hydrogens (tertiary/aromatic N) is 2. The van der Waals surface area contributed by atoms with Gasteiger partial charge in [-0.15, -0.1) is 0 Å². The molecule has 1 fully saturated rings. The SMILES string of the molecule is NCCC(c1ccco1)N1CCN(Cc2ccccc2)CC1. The smallest absolute Gasteiger partial charge is 0.120 e. The van der Waals surface area contributed by atoms with E-state index in [9.17, 15) is 0 Å². The molecule has 118 valence electrons. The molecule has 0 saturated carbocycles. The average Bonchev–Trinajstić information content (AvgIpc) is 3.09. The minimum absolute atomic E-state index is 0.318. The third-order valence-corrected chi connectivity index (χ3v) is 4.41. The first-order chi connectivity index (χ1) is 10.9. The molecule has 1 aliphatic heterocycles. The topological polar surface area (TPSA) is 45.6 Å².